The first-order valence-corrected chi connectivity index (χ1v) is 15.8. The smallest absolute Gasteiger partial charge is 0.226 e. The maximum Gasteiger partial charge on any atom is 0.226 e. The monoisotopic (exact) mass is 603 g/mol. The molecule has 4 aliphatic rings. The Hall–Kier alpha value is -2.47. The molecule has 222 valence electrons. The number of rotatable bonds is 4. The standard InChI is InChI=1S/C16H22ClN5O.C12H17ClN4O/c17-16-20-14(19-11-6-2-1-3-7-11)13-15(21-16)22(10-18-13)12-8-4-5-9-23-12;1-8-10-11(16-12(13)15-8)17(7-14-10)9-5-3-2-4-6-18-9/h10-12H,1-9H2,(H,19,20,21);9,14H,2-7H2,1H3. The van der Waals surface area contributed by atoms with E-state index in [-0.39, 0.29) is 17.7 Å². The van der Waals surface area contributed by atoms with Gasteiger partial charge in [-0.1, -0.05) is 25.7 Å². The molecule has 2 N–H and O–H groups in total. The largest absolute Gasteiger partial charge is 0.365 e. The van der Waals surface area contributed by atoms with Gasteiger partial charge in [-0.3, -0.25) is 4.57 Å². The summed E-state index contributed by atoms with van der Waals surface area (Å²) in [6, 6.07) is 0.453. The van der Waals surface area contributed by atoms with Crippen molar-refractivity contribution >= 4 is 51.7 Å². The number of halogens is 2. The number of anilines is 3. The van der Waals surface area contributed by atoms with Gasteiger partial charge in [-0.05, 0) is 81.5 Å². The lowest BCUT2D eigenvalue weighted by Crippen LogP contribution is -2.37. The molecule has 2 unspecified atom stereocenters. The van der Waals surface area contributed by atoms with Gasteiger partial charge in [0.15, 0.2) is 22.8 Å². The Bertz CT molecular complexity index is 1320. The van der Waals surface area contributed by atoms with Crippen LogP contribution in [0, 0.1) is 6.92 Å². The van der Waals surface area contributed by atoms with Gasteiger partial charge in [0.05, 0.1) is 18.7 Å². The van der Waals surface area contributed by atoms with Crippen LogP contribution in [-0.4, -0.2) is 61.6 Å². The zero-order valence-electron chi connectivity index (χ0n) is 23.6. The third-order valence-electron chi connectivity index (χ3n) is 8.30. The van der Waals surface area contributed by atoms with E-state index in [1.807, 2.05) is 11.5 Å². The van der Waals surface area contributed by atoms with E-state index in [0.29, 0.717) is 11.3 Å². The zero-order valence-corrected chi connectivity index (χ0v) is 25.1. The minimum Gasteiger partial charge on any atom is -0.365 e. The van der Waals surface area contributed by atoms with Crippen LogP contribution in [0.4, 0.5) is 17.3 Å². The number of aryl methyl sites for hydroxylation is 1. The van der Waals surface area contributed by atoms with Crippen LogP contribution in [0.2, 0.25) is 10.6 Å². The molecule has 41 heavy (non-hydrogen) atoms. The Balaban J connectivity index is 0.000000152. The first-order chi connectivity index (χ1) is 20.1. The van der Waals surface area contributed by atoms with E-state index in [1.54, 1.807) is 6.33 Å². The zero-order chi connectivity index (χ0) is 28.2. The van der Waals surface area contributed by atoms with E-state index in [2.05, 4.69) is 40.5 Å². The van der Waals surface area contributed by atoms with Gasteiger partial charge in [-0.15, -0.1) is 0 Å². The molecule has 0 spiro atoms. The molecule has 0 bridgehead atoms. The van der Waals surface area contributed by atoms with Crippen LogP contribution < -0.4 is 15.5 Å². The molecule has 0 amide bonds. The highest BCUT2D eigenvalue weighted by atomic mass is 35.5. The maximum absolute atomic E-state index is 6.17. The van der Waals surface area contributed by atoms with Gasteiger partial charge in [-0.25, -0.2) is 9.97 Å². The van der Waals surface area contributed by atoms with Crippen LogP contribution in [0.5, 0.6) is 0 Å². The van der Waals surface area contributed by atoms with Gasteiger partial charge in [0, 0.05) is 19.3 Å². The van der Waals surface area contributed by atoms with E-state index in [4.69, 9.17) is 32.7 Å². The topological polar surface area (TPSA) is 115 Å². The van der Waals surface area contributed by atoms with Crippen molar-refractivity contribution in [3.63, 3.8) is 0 Å². The van der Waals surface area contributed by atoms with E-state index in [9.17, 15) is 0 Å². The second kappa shape index (κ2) is 13.2. The number of aromatic nitrogens is 6. The summed E-state index contributed by atoms with van der Waals surface area (Å²) in [5.74, 6) is 1.63. The lowest BCUT2D eigenvalue weighted by Gasteiger charge is -2.27. The molecule has 1 saturated carbocycles. The van der Waals surface area contributed by atoms with Crippen molar-refractivity contribution in [2.45, 2.75) is 102 Å². The van der Waals surface area contributed by atoms with Gasteiger partial charge < -0.3 is 25.0 Å². The number of imidazole rings is 1. The predicted molar refractivity (Wildman–Crippen MR) is 161 cm³/mol. The Labute approximate surface area is 250 Å². The molecular formula is C28H39Cl2N9O2. The summed E-state index contributed by atoms with van der Waals surface area (Å²) >= 11 is 12.1. The quantitative estimate of drug-likeness (QED) is 0.321. The van der Waals surface area contributed by atoms with Crippen molar-refractivity contribution in [2.24, 2.45) is 0 Å². The van der Waals surface area contributed by atoms with Gasteiger partial charge >= 0.3 is 0 Å². The summed E-state index contributed by atoms with van der Waals surface area (Å²) in [5.41, 5.74) is 3.41. The second-order valence-electron chi connectivity index (χ2n) is 11.2. The average Bonchev–Trinajstić information content (AvgIpc) is 3.50. The Kier molecular flexibility index (Phi) is 9.24. The molecule has 3 fully saturated rings. The predicted octanol–water partition coefficient (Wildman–Crippen LogP) is 6.47. The fraction of sp³-hybridized carbons (Fsp3) is 0.679. The van der Waals surface area contributed by atoms with Crippen molar-refractivity contribution in [3.8, 4) is 0 Å². The van der Waals surface area contributed by atoms with E-state index < -0.39 is 0 Å². The summed E-state index contributed by atoms with van der Waals surface area (Å²) in [4.78, 5) is 24.0. The fourth-order valence-electron chi connectivity index (χ4n) is 6.15. The first kappa shape index (κ1) is 28.6. The van der Waals surface area contributed by atoms with Gasteiger partial charge in [-0.2, -0.15) is 15.0 Å². The van der Waals surface area contributed by atoms with Crippen LogP contribution in [-0.2, 0) is 9.47 Å². The molecule has 11 nitrogen and oxygen atoms in total. The van der Waals surface area contributed by atoms with Crippen LogP contribution >= 0.6 is 23.2 Å². The number of nitrogens with one attached hydrogen (secondary N) is 2. The Morgan fingerprint density at radius 1 is 0.829 bits per heavy atom. The second-order valence-corrected chi connectivity index (χ2v) is 11.9. The lowest BCUT2D eigenvalue weighted by molar-refractivity contribution is -0.0298. The van der Waals surface area contributed by atoms with Crippen LogP contribution in [0.3, 0.4) is 0 Å². The van der Waals surface area contributed by atoms with Crippen LogP contribution in [0.25, 0.3) is 11.2 Å². The molecule has 1 aliphatic carbocycles. The number of hydrogen-bond donors (Lipinski definition) is 2. The third-order valence-corrected chi connectivity index (χ3v) is 8.64. The highest BCUT2D eigenvalue weighted by molar-refractivity contribution is 6.29. The Morgan fingerprint density at radius 3 is 2.34 bits per heavy atom. The highest BCUT2D eigenvalue weighted by Crippen LogP contribution is 2.35. The third kappa shape index (κ3) is 6.63. The minimum absolute atomic E-state index is 0.00208. The van der Waals surface area contributed by atoms with Crippen LogP contribution in [0.15, 0.2) is 6.33 Å². The molecular weight excluding hydrogens is 565 g/mol. The number of fused-ring (bicyclic) bond motifs is 2. The average molecular weight is 605 g/mol. The molecule has 3 aromatic rings. The van der Waals surface area contributed by atoms with E-state index in [0.717, 1.165) is 86.2 Å². The van der Waals surface area contributed by atoms with E-state index in [1.165, 1.54) is 44.9 Å². The summed E-state index contributed by atoms with van der Waals surface area (Å²) in [6.07, 6.45) is 16.0. The van der Waals surface area contributed by atoms with Gasteiger partial charge in [0.1, 0.15) is 18.1 Å². The van der Waals surface area contributed by atoms with Crippen molar-refractivity contribution in [1.29, 1.82) is 0 Å². The number of nitrogens with zero attached hydrogens (tertiary/aromatic N) is 7. The SMILES string of the molecule is Cc1nc(Cl)nc2c1NCN2C1CCCCCO1.Clc1nc(NC2CCCCC2)c2ncn(C3CCCCO3)c2n1. The minimum atomic E-state index is 0.00208. The summed E-state index contributed by atoms with van der Waals surface area (Å²) in [5, 5.41) is 7.41. The molecule has 3 aromatic heterocycles. The summed E-state index contributed by atoms with van der Waals surface area (Å²) < 4.78 is 13.8. The molecule has 0 aromatic carbocycles. The lowest BCUT2D eigenvalue weighted by atomic mass is 9.95. The van der Waals surface area contributed by atoms with Crippen molar-refractivity contribution < 1.29 is 9.47 Å². The summed E-state index contributed by atoms with van der Waals surface area (Å²) in [6.45, 7) is 4.28. The normalized spacial score (nSPS) is 23.3. The van der Waals surface area contributed by atoms with Crippen molar-refractivity contribution in [1.82, 2.24) is 29.5 Å². The summed E-state index contributed by atoms with van der Waals surface area (Å²) in [7, 11) is 0. The number of hydrogen-bond acceptors (Lipinski definition) is 10. The molecule has 6 heterocycles. The molecule has 2 saturated heterocycles. The maximum atomic E-state index is 6.17. The van der Waals surface area contributed by atoms with E-state index >= 15 is 0 Å². The molecule has 2 atom stereocenters. The van der Waals surface area contributed by atoms with Gasteiger partial charge in [0.25, 0.3) is 0 Å². The van der Waals surface area contributed by atoms with Crippen LogP contribution in [0.1, 0.15) is 89.0 Å². The van der Waals surface area contributed by atoms with Crippen molar-refractivity contribution in [2.75, 3.05) is 35.4 Å². The molecule has 13 heteroatoms. The molecule has 7 rings (SSSR count). The first-order valence-electron chi connectivity index (χ1n) is 15.0. The number of ether oxygens (including phenoxy) is 2. The fourth-order valence-corrected chi connectivity index (χ4v) is 6.52. The highest BCUT2D eigenvalue weighted by Gasteiger charge is 2.30. The Morgan fingerprint density at radius 2 is 1.51 bits per heavy atom. The molecule has 3 aliphatic heterocycles. The van der Waals surface area contributed by atoms with Gasteiger partial charge in [0.2, 0.25) is 10.6 Å². The van der Waals surface area contributed by atoms with Crippen molar-refractivity contribution in [3.05, 3.63) is 22.6 Å². The molecule has 0 radical (unpaired) electrons.